The molecule has 0 aliphatic rings. The monoisotopic (exact) mass is 363 g/mol. The van der Waals surface area contributed by atoms with E-state index >= 15 is 0 Å². The molecule has 4 rings (SSSR count). The Balaban J connectivity index is 1.88. The van der Waals surface area contributed by atoms with E-state index in [1.807, 2.05) is 29.2 Å². The van der Waals surface area contributed by atoms with Gasteiger partial charge in [0.1, 0.15) is 5.75 Å². The molecule has 0 saturated heterocycles. The highest BCUT2D eigenvalue weighted by Gasteiger charge is 2.18. The minimum absolute atomic E-state index is 0.0564. The molecule has 4 aromatic rings. The summed E-state index contributed by atoms with van der Waals surface area (Å²) < 4.78 is 10.5. The summed E-state index contributed by atoms with van der Waals surface area (Å²) in [6, 6.07) is 12.6. The fourth-order valence-corrected chi connectivity index (χ4v) is 2.75. The number of rotatable bonds is 5. The van der Waals surface area contributed by atoms with Crippen molar-refractivity contribution in [2.45, 2.75) is 0 Å². The Bertz CT molecular complexity index is 1080. The van der Waals surface area contributed by atoms with Crippen LogP contribution in [0.5, 0.6) is 17.2 Å². The van der Waals surface area contributed by atoms with E-state index in [0.29, 0.717) is 17.3 Å². The molecule has 27 heavy (non-hydrogen) atoms. The average molecular weight is 363 g/mol. The summed E-state index contributed by atoms with van der Waals surface area (Å²) in [7, 11) is 3.12. The second kappa shape index (κ2) is 6.83. The second-order valence-electron chi connectivity index (χ2n) is 5.73. The van der Waals surface area contributed by atoms with Crippen LogP contribution in [0.1, 0.15) is 0 Å². The highest BCUT2D eigenvalue weighted by Crippen LogP contribution is 2.38. The molecule has 0 aliphatic carbocycles. The number of fused-ring (bicyclic) bond motifs is 1. The number of aromatic hydroxyl groups is 1. The Morgan fingerprint density at radius 1 is 0.963 bits per heavy atom. The first-order valence-corrected chi connectivity index (χ1v) is 8.17. The van der Waals surface area contributed by atoms with Gasteiger partial charge in [0.15, 0.2) is 17.1 Å². The Morgan fingerprint density at radius 3 is 2.48 bits per heavy atom. The van der Waals surface area contributed by atoms with Gasteiger partial charge in [0.2, 0.25) is 5.95 Å². The lowest BCUT2D eigenvalue weighted by atomic mass is 10.2. The first kappa shape index (κ1) is 16.6. The van der Waals surface area contributed by atoms with Gasteiger partial charge in [0.05, 0.1) is 31.5 Å². The summed E-state index contributed by atoms with van der Waals surface area (Å²) in [5.74, 6) is 1.60. The summed E-state index contributed by atoms with van der Waals surface area (Å²) in [5.41, 5.74) is 2.18. The number of hydrogen-bond donors (Lipinski definition) is 2. The normalized spacial score (nSPS) is 10.7. The van der Waals surface area contributed by atoms with Crippen LogP contribution < -0.4 is 14.4 Å². The van der Waals surface area contributed by atoms with Crippen molar-refractivity contribution in [3.8, 4) is 17.2 Å². The van der Waals surface area contributed by atoms with Crippen molar-refractivity contribution in [3.05, 3.63) is 54.9 Å². The van der Waals surface area contributed by atoms with Crippen LogP contribution in [0.4, 0.5) is 17.3 Å². The highest BCUT2D eigenvalue weighted by atomic mass is 16.5. The van der Waals surface area contributed by atoms with Crippen LogP contribution in [0, 0.1) is 0 Å². The Hall–Kier alpha value is -3.81. The molecule has 8 heteroatoms. The molecule has 136 valence electrons. The SMILES string of the molecule is COc1ccc(N(c2ccc(O)c(OC)c2)c2ncc3cn[nH]c3n2)cc1. The van der Waals surface area contributed by atoms with Crippen LogP contribution in [0.25, 0.3) is 11.0 Å². The largest absolute Gasteiger partial charge is 0.504 e. The Kier molecular flexibility index (Phi) is 4.21. The number of aromatic amines is 1. The summed E-state index contributed by atoms with van der Waals surface area (Å²) in [4.78, 5) is 10.9. The summed E-state index contributed by atoms with van der Waals surface area (Å²) >= 11 is 0. The van der Waals surface area contributed by atoms with Gasteiger partial charge < -0.3 is 14.6 Å². The van der Waals surface area contributed by atoms with E-state index < -0.39 is 0 Å². The van der Waals surface area contributed by atoms with Crippen molar-refractivity contribution in [2.24, 2.45) is 0 Å². The van der Waals surface area contributed by atoms with E-state index in [9.17, 15) is 5.11 Å². The molecule has 0 aliphatic heterocycles. The van der Waals surface area contributed by atoms with Crippen molar-refractivity contribution in [2.75, 3.05) is 19.1 Å². The van der Waals surface area contributed by atoms with Crippen molar-refractivity contribution in [3.63, 3.8) is 0 Å². The van der Waals surface area contributed by atoms with Gasteiger partial charge in [-0.25, -0.2) is 4.98 Å². The highest BCUT2D eigenvalue weighted by molar-refractivity contribution is 5.79. The number of methoxy groups -OCH3 is 2. The van der Waals surface area contributed by atoms with Crippen LogP contribution in [0.2, 0.25) is 0 Å². The first-order valence-electron chi connectivity index (χ1n) is 8.17. The van der Waals surface area contributed by atoms with Crippen molar-refractivity contribution in [1.29, 1.82) is 0 Å². The molecule has 0 fully saturated rings. The number of H-pyrrole nitrogens is 1. The van der Waals surface area contributed by atoms with Crippen LogP contribution in [-0.4, -0.2) is 39.5 Å². The lowest BCUT2D eigenvalue weighted by Gasteiger charge is -2.23. The van der Waals surface area contributed by atoms with Crippen LogP contribution in [0.15, 0.2) is 54.9 Å². The van der Waals surface area contributed by atoms with Gasteiger partial charge in [-0.15, -0.1) is 0 Å². The van der Waals surface area contributed by atoms with Gasteiger partial charge in [-0.1, -0.05) is 0 Å². The lowest BCUT2D eigenvalue weighted by molar-refractivity contribution is 0.373. The van der Waals surface area contributed by atoms with Gasteiger partial charge in [-0.3, -0.25) is 10.00 Å². The maximum atomic E-state index is 9.94. The second-order valence-corrected chi connectivity index (χ2v) is 5.73. The molecule has 0 radical (unpaired) electrons. The number of benzene rings is 2. The topological polar surface area (TPSA) is 96.4 Å². The molecule has 0 spiro atoms. The molecular formula is C19H17N5O3. The van der Waals surface area contributed by atoms with E-state index in [1.54, 1.807) is 37.7 Å². The van der Waals surface area contributed by atoms with Crippen LogP contribution in [0.3, 0.4) is 0 Å². The van der Waals surface area contributed by atoms with Gasteiger partial charge in [0, 0.05) is 18.0 Å². The fraction of sp³-hybridized carbons (Fsp3) is 0.105. The maximum absolute atomic E-state index is 9.94. The quantitative estimate of drug-likeness (QED) is 0.560. The van der Waals surface area contributed by atoms with Gasteiger partial charge >= 0.3 is 0 Å². The number of hydrogen-bond acceptors (Lipinski definition) is 7. The van der Waals surface area contributed by atoms with Gasteiger partial charge in [-0.05, 0) is 36.4 Å². The van der Waals surface area contributed by atoms with E-state index in [0.717, 1.165) is 22.5 Å². The smallest absolute Gasteiger partial charge is 0.236 e. The zero-order chi connectivity index (χ0) is 18.8. The molecule has 2 N–H and O–H groups in total. The molecule has 0 bridgehead atoms. The number of nitrogens with zero attached hydrogens (tertiary/aromatic N) is 4. The van der Waals surface area contributed by atoms with Gasteiger partial charge in [-0.2, -0.15) is 10.1 Å². The molecule has 0 unspecified atom stereocenters. The zero-order valence-electron chi connectivity index (χ0n) is 14.7. The third-order valence-electron chi connectivity index (χ3n) is 4.13. The third-order valence-corrected chi connectivity index (χ3v) is 4.13. The van der Waals surface area contributed by atoms with Gasteiger partial charge in [0.25, 0.3) is 0 Å². The number of ether oxygens (including phenoxy) is 2. The number of phenolic OH excluding ortho intramolecular Hbond substituents is 1. The van der Waals surface area contributed by atoms with Crippen LogP contribution in [-0.2, 0) is 0 Å². The lowest BCUT2D eigenvalue weighted by Crippen LogP contribution is -2.13. The number of aromatic nitrogens is 4. The summed E-state index contributed by atoms with van der Waals surface area (Å²) in [6.45, 7) is 0. The molecular weight excluding hydrogens is 346 g/mol. The predicted octanol–water partition coefficient (Wildman–Crippen LogP) is 3.55. The maximum Gasteiger partial charge on any atom is 0.236 e. The molecule has 0 amide bonds. The Labute approximate surface area is 155 Å². The molecule has 2 aromatic carbocycles. The number of anilines is 3. The van der Waals surface area contributed by atoms with Crippen LogP contribution >= 0.6 is 0 Å². The number of nitrogens with one attached hydrogen (secondary N) is 1. The average Bonchev–Trinajstić information content (AvgIpc) is 3.18. The van der Waals surface area contributed by atoms with E-state index in [1.165, 1.54) is 7.11 Å². The standard InChI is InChI=1S/C19H17N5O3/c1-26-15-6-3-13(4-7-15)24(14-5-8-16(25)17(9-14)27-2)19-20-10-12-11-21-23-18(12)22-19/h3-11,25H,1-2H3,(H,20,21,22,23). The fourth-order valence-electron chi connectivity index (χ4n) is 2.75. The summed E-state index contributed by atoms with van der Waals surface area (Å²) in [6.07, 6.45) is 3.37. The van der Waals surface area contributed by atoms with Crippen molar-refractivity contribution in [1.82, 2.24) is 20.2 Å². The third kappa shape index (κ3) is 3.08. The molecule has 2 heterocycles. The summed E-state index contributed by atoms with van der Waals surface area (Å²) in [5, 5.41) is 17.6. The number of phenols is 1. The van der Waals surface area contributed by atoms with Crippen molar-refractivity contribution < 1.29 is 14.6 Å². The minimum Gasteiger partial charge on any atom is -0.504 e. The molecule has 0 saturated carbocycles. The van der Waals surface area contributed by atoms with E-state index in [2.05, 4.69) is 20.2 Å². The van der Waals surface area contributed by atoms with E-state index in [-0.39, 0.29) is 5.75 Å². The molecule has 8 nitrogen and oxygen atoms in total. The predicted molar refractivity (Wildman–Crippen MR) is 101 cm³/mol. The van der Waals surface area contributed by atoms with E-state index in [4.69, 9.17) is 9.47 Å². The Morgan fingerprint density at radius 2 is 1.74 bits per heavy atom. The zero-order valence-corrected chi connectivity index (χ0v) is 14.7. The van der Waals surface area contributed by atoms with Crippen molar-refractivity contribution >= 4 is 28.4 Å². The molecule has 0 atom stereocenters. The minimum atomic E-state index is 0.0564. The first-order chi connectivity index (χ1) is 13.2. The molecule has 2 aromatic heterocycles.